The van der Waals surface area contributed by atoms with Crippen molar-refractivity contribution in [2.24, 2.45) is 0 Å². The molecule has 1 aromatic heterocycles. The van der Waals surface area contributed by atoms with Crippen molar-refractivity contribution in [3.8, 4) is 22.6 Å². The summed E-state index contributed by atoms with van der Waals surface area (Å²) in [6.07, 6.45) is -1.25. The van der Waals surface area contributed by atoms with Crippen LogP contribution in [0.2, 0.25) is 0 Å². The van der Waals surface area contributed by atoms with Crippen molar-refractivity contribution in [3.05, 3.63) is 36.7 Å². The van der Waals surface area contributed by atoms with Gasteiger partial charge in [0.1, 0.15) is 11.5 Å². The van der Waals surface area contributed by atoms with Crippen molar-refractivity contribution in [1.29, 1.82) is 0 Å². The minimum atomic E-state index is -4.38. The molecule has 0 fully saturated rings. The maximum absolute atomic E-state index is 12.1. The summed E-state index contributed by atoms with van der Waals surface area (Å²) < 4.78 is 46.0. The maximum Gasteiger partial charge on any atom is 0.422 e. The average molecular weight is 298 g/mol. The van der Waals surface area contributed by atoms with Crippen LogP contribution in [0.4, 0.5) is 18.9 Å². The zero-order valence-corrected chi connectivity index (χ0v) is 11.1. The molecule has 0 spiro atoms. The third-order valence-corrected chi connectivity index (χ3v) is 2.69. The van der Waals surface area contributed by atoms with Gasteiger partial charge in [-0.1, -0.05) is 0 Å². The molecule has 0 aliphatic heterocycles. The molecule has 4 nitrogen and oxygen atoms in total. The second-order valence-corrected chi connectivity index (χ2v) is 4.27. The van der Waals surface area contributed by atoms with Gasteiger partial charge in [0.05, 0.1) is 13.3 Å². The van der Waals surface area contributed by atoms with Gasteiger partial charge in [-0.05, 0) is 18.2 Å². The predicted molar refractivity (Wildman–Crippen MR) is 72.2 cm³/mol. The first-order chi connectivity index (χ1) is 9.89. The zero-order valence-electron chi connectivity index (χ0n) is 11.1. The van der Waals surface area contributed by atoms with Crippen LogP contribution in [0, 0.1) is 0 Å². The number of pyridine rings is 1. The van der Waals surface area contributed by atoms with Gasteiger partial charge >= 0.3 is 6.18 Å². The lowest BCUT2D eigenvalue weighted by Crippen LogP contribution is -2.19. The SMILES string of the molecule is COc1cncc(-c2ccc(OCC(F)(F)F)cc2N)c1. The number of aromatic nitrogens is 1. The van der Waals surface area contributed by atoms with Gasteiger partial charge in [-0.2, -0.15) is 13.2 Å². The topological polar surface area (TPSA) is 57.4 Å². The average Bonchev–Trinajstić information content (AvgIpc) is 2.44. The number of ether oxygens (including phenoxy) is 2. The number of rotatable bonds is 4. The number of methoxy groups -OCH3 is 1. The third kappa shape index (κ3) is 4.01. The van der Waals surface area contributed by atoms with E-state index in [1.807, 2.05) is 0 Å². The van der Waals surface area contributed by atoms with Gasteiger partial charge in [0.2, 0.25) is 0 Å². The minimum Gasteiger partial charge on any atom is -0.495 e. The standard InChI is InChI=1S/C14H13F3N2O2/c1-20-11-4-9(6-19-7-11)12-3-2-10(5-13(12)18)21-8-14(15,16)17/h2-7H,8,18H2,1H3. The van der Waals surface area contributed by atoms with Crippen molar-refractivity contribution in [3.63, 3.8) is 0 Å². The third-order valence-electron chi connectivity index (χ3n) is 2.69. The van der Waals surface area contributed by atoms with Crippen LogP contribution in [0.25, 0.3) is 11.1 Å². The number of benzene rings is 1. The van der Waals surface area contributed by atoms with E-state index < -0.39 is 12.8 Å². The van der Waals surface area contributed by atoms with Crippen LogP contribution in [0.3, 0.4) is 0 Å². The molecule has 0 bridgehead atoms. The molecule has 21 heavy (non-hydrogen) atoms. The number of halogens is 3. The summed E-state index contributed by atoms with van der Waals surface area (Å²) in [6, 6.07) is 6.09. The number of hydrogen-bond donors (Lipinski definition) is 1. The Labute approximate surface area is 119 Å². The summed E-state index contributed by atoms with van der Waals surface area (Å²) in [7, 11) is 1.51. The van der Waals surface area contributed by atoms with E-state index in [1.165, 1.54) is 19.2 Å². The summed E-state index contributed by atoms with van der Waals surface area (Å²) in [5.74, 6) is 0.619. The molecule has 112 valence electrons. The van der Waals surface area contributed by atoms with Gasteiger partial charge < -0.3 is 15.2 Å². The van der Waals surface area contributed by atoms with Gasteiger partial charge in [0.15, 0.2) is 6.61 Å². The predicted octanol–water partition coefficient (Wildman–Crippen LogP) is 3.28. The molecular weight excluding hydrogens is 285 g/mol. The Morgan fingerprint density at radius 3 is 2.52 bits per heavy atom. The number of nitrogen functional groups attached to an aromatic ring is 1. The number of alkyl halides is 3. The van der Waals surface area contributed by atoms with E-state index >= 15 is 0 Å². The molecule has 0 saturated carbocycles. The first kappa shape index (κ1) is 15.0. The van der Waals surface area contributed by atoms with E-state index in [1.54, 1.807) is 24.5 Å². The quantitative estimate of drug-likeness (QED) is 0.880. The molecule has 0 amide bonds. The molecule has 0 aliphatic rings. The Balaban J connectivity index is 2.22. The van der Waals surface area contributed by atoms with Crippen LogP contribution >= 0.6 is 0 Å². The van der Waals surface area contributed by atoms with E-state index in [0.717, 1.165) is 0 Å². The Bertz CT molecular complexity index is 630. The van der Waals surface area contributed by atoms with Gasteiger partial charge in [-0.25, -0.2) is 0 Å². The van der Waals surface area contributed by atoms with Crippen LogP contribution in [0.15, 0.2) is 36.7 Å². The maximum atomic E-state index is 12.1. The molecule has 0 unspecified atom stereocenters. The molecule has 2 rings (SSSR count). The molecule has 0 aliphatic carbocycles. The minimum absolute atomic E-state index is 0.0597. The molecule has 0 atom stereocenters. The van der Waals surface area contributed by atoms with Crippen molar-refractivity contribution >= 4 is 5.69 Å². The van der Waals surface area contributed by atoms with E-state index in [2.05, 4.69) is 9.72 Å². The number of nitrogens with two attached hydrogens (primary N) is 1. The van der Waals surface area contributed by atoms with Crippen LogP contribution in [0.1, 0.15) is 0 Å². The Morgan fingerprint density at radius 2 is 1.90 bits per heavy atom. The Kier molecular flexibility index (Phi) is 4.21. The van der Waals surface area contributed by atoms with Gasteiger partial charge in [-0.15, -0.1) is 0 Å². The van der Waals surface area contributed by atoms with Gasteiger partial charge in [0, 0.05) is 29.1 Å². The molecule has 1 heterocycles. The van der Waals surface area contributed by atoms with Crippen molar-refractivity contribution < 1.29 is 22.6 Å². The summed E-state index contributed by atoms with van der Waals surface area (Å²) in [6.45, 7) is -1.35. The van der Waals surface area contributed by atoms with Crippen LogP contribution < -0.4 is 15.2 Å². The fourth-order valence-electron chi connectivity index (χ4n) is 1.74. The Morgan fingerprint density at radius 1 is 1.14 bits per heavy atom. The smallest absolute Gasteiger partial charge is 0.422 e. The molecule has 0 saturated heterocycles. The highest BCUT2D eigenvalue weighted by atomic mass is 19.4. The van der Waals surface area contributed by atoms with Crippen LogP contribution in [-0.2, 0) is 0 Å². The van der Waals surface area contributed by atoms with E-state index in [9.17, 15) is 13.2 Å². The number of hydrogen-bond acceptors (Lipinski definition) is 4. The fourth-order valence-corrected chi connectivity index (χ4v) is 1.74. The van der Waals surface area contributed by atoms with Crippen LogP contribution in [0.5, 0.6) is 11.5 Å². The zero-order chi connectivity index (χ0) is 15.5. The summed E-state index contributed by atoms with van der Waals surface area (Å²) in [5.41, 5.74) is 7.49. The fraction of sp³-hybridized carbons (Fsp3) is 0.214. The van der Waals surface area contributed by atoms with Crippen LogP contribution in [-0.4, -0.2) is 24.9 Å². The molecule has 2 aromatic rings. The van der Waals surface area contributed by atoms with E-state index in [4.69, 9.17) is 10.5 Å². The van der Waals surface area contributed by atoms with Crippen molar-refractivity contribution in [2.45, 2.75) is 6.18 Å². The first-order valence-corrected chi connectivity index (χ1v) is 5.97. The van der Waals surface area contributed by atoms with Crippen molar-refractivity contribution in [2.75, 3.05) is 19.5 Å². The lowest BCUT2D eigenvalue weighted by atomic mass is 10.1. The highest BCUT2D eigenvalue weighted by molar-refractivity contribution is 5.77. The molecule has 0 radical (unpaired) electrons. The second kappa shape index (κ2) is 5.90. The van der Waals surface area contributed by atoms with E-state index in [-0.39, 0.29) is 5.75 Å². The van der Waals surface area contributed by atoms with Crippen molar-refractivity contribution in [1.82, 2.24) is 4.98 Å². The lowest BCUT2D eigenvalue weighted by molar-refractivity contribution is -0.153. The highest BCUT2D eigenvalue weighted by Crippen LogP contribution is 2.31. The van der Waals surface area contributed by atoms with Gasteiger partial charge in [-0.3, -0.25) is 4.98 Å². The Hall–Kier alpha value is -2.44. The normalized spacial score (nSPS) is 11.2. The molecule has 1 aromatic carbocycles. The first-order valence-electron chi connectivity index (χ1n) is 5.97. The highest BCUT2D eigenvalue weighted by Gasteiger charge is 2.28. The number of anilines is 1. The summed E-state index contributed by atoms with van der Waals surface area (Å²) in [4.78, 5) is 4.00. The monoisotopic (exact) mass is 298 g/mol. The second-order valence-electron chi connectivity index (χ2n) is 4.27. The largest absolute Gasteiger partial charge is 0.495 e. The molecular formula is C14H13F3N2O2. The number of nitrogens with zero attached hydrogens (tertiary/aromatic N) is 1. The lowest BCUT2D eigenvalue weighted by Gasteiger charge is -2.12. The molecule has 2 N–H and O–H groups in total. The van der Waals surface area contributed by atoms with E-state index in [0.29, 0.717) is 22.6 Å². The molecule has 7 heteroatoms. The summed E-state index contributed by atoms with van der Waals surface area (Å²) in [5, 5.41) is 0. The van der Waals surface area contributed by atoms with Gasteiger partial charge in [0.25, 0.3) is 0 Å². The summed E-state index contributed by atoms with van der Waals surface area (Å²) >= 11 is 0.